The molecular weight excluding hydrogens is 260 g/mol. The lowest BCUT2D eigenvalue weighted by Gasteiger charge is -2.39. The van der Waals surface area contributed by atoms with Crippen molar-refractivity contribution in [3.8, 4) is 0 Å². The van der Waals surface area contributed by atoms with Gasteiger partial charge >= 0.3 is 0 Å². The van der Waals surface area contributed by atoms with E-state index in [0.29, 0.717) is 12.5 Å². The van der Waals surface area contributed by atoms with E-state index >= 15 is 0 Å². The minimum absolute atomic E-state index is 0.122. The average molecular weight is 290 g/mol. The Hall–Kier alpha value is -0.130. The zero-order valence-electron chi connectivity index (χ0n) is 13.1. The molecule has 0 radical (unpaired) electrons. The molecule has 0 saturated carbocycles. The Morgan fingerprint density at radius 1 is 1.26 bits per heavy atom. The summed E-state index contributed by atoms with van der Waals surface area (Å²) in [6.07, 6.45) is 3.08. The fraction of sp³-hybridized carbons (Fsp3) is 1.00. The van der Waals surface area contributed by atoms with Gasteiger partial charge in [0.25, 0.3) is 0 Å². The maximum Gasteiger partial charge on any atom is 0.219 e. The highest BCUT2D eigenvalue weighted by molar-refractivity contribution is 7.90. The standard InChI is InChI=1S/C14H30N2O2S/c1-12(2)10-15-11-13-8-6-7-9-16(13)19(17,18)14(3,4)5/h12-13,15H,6-11H2,1-5H3. The zero-order valence-corrected chi connectivity index (χ0v) is 13.9. The second-order valence-corrected chi connectivity index (χ2v) is 9.57. The molecular formula is C14H30N2O2S. The van der Waals surface area contributed by atoms with Crippen LogP contribution in [0.25, 0.3) is 0 Å². The fourth-order valence-corrected chi connectivity index (χ4v) is 4.03. The van der Waals surface area contributed by atoms with Crippen molar-refractivity contribution in [3.63, 3.8) is 0 Å². The largest absolute Gasteiger partial charge is 0.315 e. The molecule has 1 aliphatic rings. The molecule has 0 aromatic heterocycles. The summed E-state index contributed by atoms with van der Waals surface area (Å²) in [6, 6.07) is 0.122. The van der Waals surface area contributed by atoms with Crippen molar-refractivity contribution in [2.75, 3.05) is 19.6 Å². The second kappa shape index (κ2) is 6.55. The molecule has 5 heteroatoms. The van der Waals surface area contributed by atoms with E-state index < -0.39 is 14.8 Å². The molecule has 19 heavy (non-hydrogen) atoms. The van der Waals surface area contributed by atoms with Gasteiger partial charge in [0.2, 0.25) is 10.0 Å². The first-order chi connectivity index (χ1) is 8.66. The molecule has 1 unspecified atom stereocenters. The highest BCUT2D eigenvalue weighted by atomic mass is 32.2. The van der Waals surface area contributed by atoms with E-state index in [1.165, 1.54) is 0 Å². The van der Waals surface area contributed by atoms with E-state index in [1.54, 1.807) is 25.1 Å². The molecule has 1 atom stereocenters. The molecule has 1 aliphatic heterocycles. The van der Waals surface area contributed by atoms with Crippen LogP contribution in [0.2, 0.25) is 0 Å². The number of hydrogen-bond donors (Lipinski definition) is 1. The molecule has 114 valence electrons. The van der Waals surface area contributed by atoms with Crippen molar-refractivity contribution < 1.29 is 8.42 Å². The fourth-order valence-electron chi connectivity index (χ4n) is 2.38. The predicted octanol–water partition coefficient (Wildman–Crippen LogP) is 2.21. The first-order valence-electron chi connectivity index (χ1n) is 7.38. The number of hydrogen-bond acceptors (Lipinski definition) is 3. The minimum Gasteiger partial charge on any atom is -0.315 e. The summed E-state index contributed by atoms with van der Waals surface area (Å²) < 4.78 is 26.3. The van der Waals surface area contributed by atoms with E-state index in [1.807, 2.05) is 0 Å². The van der Waals surface area contributed by atoms with E-state index in [9.17, 15) is 8.42 Å². The van der Waals surface area contributed by atoms with Crippen LogP contribution in [0.15, 0.2) is 0 Å². The first-order valence-corrected chi connectivity index (χ1v) is 8.82. The van der Waals surface area contributed by atoms with E-state index in [4.69, 9.17) is 0 Å². The van der Waals surface area contributed by atoms with Crippen molar-refractivity contribution in [1.29, 1.82) is 0 Å². The first kappa shape index (κ1) is 16.9. The molecule has 0 bridgehead atoms. The zero-order chi connectivity index (χ0) is 14.7. The molecule has 0 spiro atoms. The molecule has 0 aromatic carbocycles. The van der Waals surface area contributed by atoms with Gasteiger partial charge in [-0.2, -0.15) is 4.31 Å². The van der Waals surface area contributed by atoms with Gasteiger partial charge in [-0.3, -0.25) is 0 Å². The number of piperidine rings is 1. The summed E-state index contributed by atoms with van der Waals surface area (Å²) in [5, 5.41) is 3.40. The molecule has 1 saturated heterocycles. The van der Waals surface area contributed by atoms with Crippen LogP contribution in [-0.2, 0) is 10.0 Å². The lowest BCUT2D eigenvalue weighted by Crippen LogP contribution is -2.53. The molecule has 0 amide bonds. The molecule has 0 aliphatic carbocycles. The molecule has 4 nitrogen and oxygen atoms in total. The Kier molecular flexibility index (Phi) is 5.83. The Bertz CT molecular complexity index is 371. The lowest BCUT2D eigenvalue weighted by atomic mass is 10.0. The summed E-state index contributed by atoms with van der Waals surface area (Å²) in [4.78, 5) is 0. The van der Waals surface area contributed by atoms with Gasteiger partial charge in [-0.1, -0.05) is 20.3 Å². The van der Waals surface area contributed by atoms with E-state index in [2.05, 4.69) is 19.2 Å². The van der Waals surface area contributed by atoms with Crippen molar-refractivity contribution >= 4 is 10.0 Å². The smallest absolute Gasteiger partial charge is 0.219 e. The van der Waals surface area contributed by atoms with Crippen LogP contribution in [0.3, 0.4) is 0 Å². The molecule has 1 heterocycles. The highest BCUT2D eigenvalue weighted by Gasteiger charge is 2.39. The van der Waals surface area contributed by atoms with Crippen molar-refractivity contribution in [1.82, 2.24) is 9.62 Å². The van der Waals surface area contributed by atoms with Gasteiger partial charge in [0.1, 0.15) is 0 Å². The summed E-state index contributed by atoms with van der Waals surface area (Å²) in [6.45, 7) is 12.1. The van der Waals surface area contributed by atoms with Gasteiger partial charge in [0, 0.05) is 19.1 Å². The van der Waals surface area contributed by atoms with Crippen molar-refractivity contribution in [3.05, 3.63) is 0 Å². The van der Waals surface area contributed by atoms with Gasteiger partial charge in [0.15, 0.2) is 0 Å². The van der Waals surface area contributed by atoms with Crippen LogP contribution in [0.1, 0.15) is 53.9 Å². The number of nitrogens with zero attached hydrogens (tertiary/aromatic N) is 1. The number of rotatable bonds is 5. The molecule has 1 rings (SSSR count). The maximum atomic E-state index is 12.6. The second-order valence-electron chi connectivity index (χ2n) is 6.93. The molecule has 1 N–H and O–H groups in total. The number of nitrogens with one attached hydrogen (secondary N) is 1. The van der Waals surface area contributed by atoms with Crippen molar-refractivity contribution in [2.24, 2.45) is 5.92 Å². The maximum absolute atomic E-state index is 12.6. The Labute approximate surface area is 119 Å². The van der Waals surface area contributed by atoms with Crippen LogP contribution < -0.4 is 5.32 Å². The third-order valence-electron chi connectivity index (χ3n) is 3.59. The van der Waals surface area contributed by atoms with Gasteiger partial charge in [0.05, 0.1) is 4.75 Å². The topological polar surface area (TPSA) is 49.4 Å². The molecule has 0 aromatic rings. The van der Waals surface area contributed by atoms with E-state index in [0.717, 1.165) is 32.4 Å². The minimum atomic E-state index is -3.21. The van der Waals surface area contributed by atoms with Crippen LogP contribution in [0, 0.1) is 5.92 Å². The third-order valence-corrected chi connectivity index (χ3v) is 6.23. The monoisotopic (exact) mass is 290 g/mol. The quantitative estimate of drug-likeness (QED) is 0.844. The van der Waals surface area contributed by atoms with Crippen LogP contribution in [0.4, 0.5) is 0 Å². The van der Waals surface area contributed by atoms with Crippen LogP contribution in [0.5, 0.6) is 0 Å². The van der Waals surface area contributed by atoms with Crippen LogP contribution in [-0.4, -0.2) is 43.1 Å². The summed E-state index contributed by atoms with van der Waals surface area (Å²) >= 11 is 0. The Morgan fingerprint density at radius 3 is 2.42 bits per heavy atom. The third kappa shape index (κ3) is 4.43. The van der Waals surface area contributed by atoms with Crippen LogP contribution >= 0.6 is 0 Å². The molecule has 1 fully saturated rings. The summed E-state index contributed by atoms with van der Waals surface area (Å²) in [5.41, 5.74) is 0. The SMILES string of the molecule is CC(C)CNCC1CCCCN1S(=O)(=O)C(C)(C)C. The summed E-state index contributed by atoms with van der Waals surface area (Å²) in [5.74, 6) is 0.594. The lowest BCUT2D eigenvalue weighted by molar-refractivity contribution is 0.239. The normalized spacial score (nSPS) is 22.9. The average Bonchev–Trinajstić information content (AvgIpc) is 2.27. The Balaban J connectivity index is 2.73. The van der Waals surface area contributed by atoms with Gasteiger partial charge in [-0.25, -0.2) is 8.42 Å². The van der Waals surface area contributed by atoms with Crippen molar-refractivity contribution in [2.45, 2.75) is 64.7 Å². The Morgan fingerprint density at radius 2 is 1.89 bits per heavy atom. The summed E-state index contributed by atoms with van der Waals surface area (Å²) in [7, 11) is -3.21. The predicted molar refractivity (Wildman–Crippen MR) is 80.7 cm³/mol. The highest BCUT2D eigenvalue weighted by Crippen LogP contribution is 2.27. The van der Waals surface area contributed by atoms with E-state index in [-0.39, 0.29) is 6.04 Å². The van der Waals surface area contributed by atoms with Gasteiger partial charge < -0.3 is 5.32 Å². The van der Waals surface area contributed by atoms with Gasteiger partial charge in [-0.05, 0) is 46.1 Å². The number of sulfonamides is 1. The van der Waals surface area contributed by atoms with Gasteiger partial charge in [-0.15, -0.1) is 0 Å².